The zero-order valence-electron chi connectivity index (χ0n) is 10.5. The Morgan fingerprint density at radius 1 is 1.24 bits per heavy atom. The van der Waals surface area contributed by atoms with E-state index in [0.717, 1.165) is 12.1 Å². The molecule has 0 aliphatic rings. The van der Waals surface area contributed by atoms with Gasteiger partial charge in [0.2, 0.25) is 0 Å². The Hall–Kier alpha value is -1.43. The van der Waals surface area contributed by atoms with Crippen molar-refractivity contribution in [3.05, 3.63) is 63.4 Å². The van der Waals surface area contributed by atoms with Gasteiger partial charge in [-0.1, -0.05) is 35.3 Å². The maximum Gasteiger partial charge on any atom is 0.338 e. The highest BCUT2D eigenvalue weighted by Crippen LogP contribution is 2.27. The molecule has 0 saturated carbocycles. The van der Waals surface area contributed by atoms with Gasteiger partial charge in [0.15, 0.2) is 0 Å². The van der Waals surface area contributed by atoms with Crippen molar-refractivity contribution in [2.75, 3.05) is 0 Å². The van der Waals surface area contributed by atoms with Crippen LogP contribution in [0.5, 0.6) is 0 Å². The Bertz CT molecular complexity index is 734. The Kier molecular flexibility index (Phi) is 4.98. The van der Waals surface area contributed by atoms with Crippen LogP contribution in [0.15, 0.2) is 41.3 Å². The number of halogens is 3. The molecule has 1 atom stereocenters. The van der Waals surface area contributed by atoms with Crippen LogP contribution in [0.4, 0.5) is 4.39 Å². The molecule has 0 saturated heterocycles. The van der Waals surface area contributed by atoms with E-state index in [1.807, 2.05) is 0 Å². The van der Waals surface area contributed by atoms with E-state index in [9.17, 15) is 13.4 Å². The molecule has 0 aromatic heterocycles. The first-order valence-corrected chi connectivity index (χ1v) is 7.81. The fourth-order valence-corrected chi connectivity index (χ4v) is 3.32. The van der Waals surface area contributed by atoms with Gasteiger partial charge in [-0.15, -0.1) is 0 Å². The molecule has 0 spiro atoms. The second-order valence-corrected chi connectivity index (χ2v) is 6.39. The van der Waals surface area contributed by atoms with Crippen LogP contribution in [0.1, 0.15) is 15.9 Å². The minimum atomic E-state index is -1.56. The third-order valence-corrected chi connectivity index (χ3v) is 4.96. The van der Waals surface area contributed by atoms with Gasteiger partial charge in [0.05, 0.1) is 32.2 Å². The summed E-state index contributed by atoms with van der Waals surface area (Å²) in [6.07, 6.45) is 0. The fraction of sp³-hybridized carbons (Fsp3) is 0.0714. The lowest BCUT2D eigenvalue weighted by atomic mass is 10.2. The van der Waals surface area contributed by atoms with E-state index >= 15 is 0 Å². The predicted octanol–water partition coefficient (Wildman–Crippen LogP) is 4.14. The van der Waals surface area contributed by atoms with Crippen molar-refractivity contribution in [2.24, 2.45) is 0 Å². The second kappa shape index (κ2) is 6.56. The summed E-state index contributed by atoms with van der Waals surface area (Å²) in [5, 5.41) is 9.51. The van der Waals surface area contributed by atoms with Gasteiger partial charge in [-0.2, -0.15) is 0 Å². The van der Waals surface area contributed by atoms with Crippen LogP contribution in [-0.2, 0) is 16.6 Å². The minimum absolute atomic E-state index is 0.0596. The molecule has 0 radical (unpaired) electrons. The molecule has 0 aliphatic heterocycles. The van der Waals surface area contributed by atoms with E-state index in [0.29, 0.717) is 15.6 Å². The van der Waals surface area contributed by atoms with Crippen LogP contribution in [0, 0.1) is 5.82 Å². The van der Waals surface area contributed by atoms with Gasteiger partial charge in [-0.3, -0.25) is 4.21 Å². The first-order valence-electron chi connectivity index (χ1n) is 5.74. The van der Waals surface area contributed by atoms with Crippen LogP contribution < -0.4 is 0 Å². The Balaban J connectivity index is 2.31. The van der Waals surface area contributed by atoms with E-state index in [2.05, 4.69) is 0 Å². The van der Waals surface area contributed by atoms with E-state index < -0.39 is 28.1 Å². The molecule has 0 aliphatic carbocycles. The predicted molar refractivity (Wildman–Crippen MR) is 79.9 cm³/mol. The highest BCUT2D eigenvalue weighted by atomic mass is 35.5. The van der Waals surface area contributed by atoms with Crippen LogP contribution in [-0.4, -0.2) is 15.3 Å². The van der Waals surface area contributed by atoms with Crippen molar-refractivity contribution < 1.29 is 18.5 Å². The molecule has 0 amide bonds. The van der Waals surface area contributed by atoms with Crippen molar-refractivity contribution in [1.82, 2.24) is 0 Å². The molecular formula is C14H9Cl2FO3S. The van der Waals surface area contributed by atoms with E-state index in [4.69, 9.17) is 28.3 Å². The molecule has 110 valence electrons. The van der Waals surface area contributed by atoms with Crippen molar-refractivity contribution in [3.8, 4) is 0 Å². The maximum absolute atomic E-state index is 13.3. The molecule has 1 N–H and O–H groups in total. The number of rotatable bonds is 4. The Morgan fingerprint density at radius 2 is 1.95 bits per heavy atom. The summed E-state index contributed by atoms with van der Waals surface area (Å²) in [5.74, 6) is -2.22. The summed E-state index contributed by atoms with van der Waals surface area (Å²) >= 11 is 11.9. The maximum atomic E-state index is 13.3. The average molecular weight is 347 g/mol. The topological polar surface area (TPSA) is 54.4 Å². The van der Waals surface area contributed by atoms with Crippen LogP contribution >= 0.6 is 23.2 Å². The average Bonchev–Trinajstić information content (AvgIpc) is 2.44. The van der Waals surface area contributed by atoms with Gasteiger partial charge in [0.25, 0.3) is 0 Å². The standard InChI is InChI=1S/C14H9Cl2FO3S/c15-11-3-1-2-8(13(11)16)7-21(20)9-4-5-12(17)10(6-9)14(18)19/h1-6H,7H2,(H,18,19). The molecule has 21 heavy (non-hydrogen) atoms. The first kappa shape index (κ1) is 15.9. The molecular weight excluding hydrogens is 338 g/mol. The lowest BCUT2D eigenvalue weighted by Gasteiger charge is -2.07. The number of benzene rings is 2. The number of carboxylic acid groups (broad SMARTS) is 1. The van der Waals surface area contributed by atoms with Crippen LogP contribution in [0.3, 0.4) is 0 Å². The van der Waals surface area contributed by atoms with Gasteiger partial charge >= 0.3 is 5.97 Å². The Labute approximate surface area is 132 Å². The zero-order chi connectivity index (χ0) is 15.6. The molecule has 0 heterocycles. The smallest absolute Gasteiger partial charge is 0.338 e. The lowest BCUT2D eigenvalue weighted by molar-refractivity contribution is 0.0691. The number of carbonyl (C=O) groups is 1. The summed E-state index contributed by atoms with van der Waals surface area (Å²) < 4.78 is 25.6. The van der Waals surface area contributed by atoms with Crippen molar-refractivity contribution in [3.63, 3.8) is 0 Å². The van der Waals surface area contributed by atoms with Crippen molar-refractivity contribution in [1.29, 1.82) is 0 Å². The highest BCUT2D eigenvalue weighted by Gasteiger charge is 2.15. The largest absolute Gasteiger partial charge is 0.478 e. The quantitative estimate of drug-likeness (QED) is 0.904. The van der Waals surface area contributed by atoms with E-state index in [-0.39, 0.29) is 10.6 Å². The van der Waals surface area contributed by atoms with E-state index in [1.165, 1.54) is 6.07 Å². The summed E-state index contributed by atoms with van der Waals surface area (Å²) in [5.41, 5.74) is 0.0572. The third-order valence-electron chi connectivity index (χ3n) is 2.75. The van der Waals surface area contributed by atoms with Crippen molar-refractivity contribution in [2.45, 2.75) is 10.6 Å². The number of aromatic carboxylic acids is 1. The lowest BCUT2D eigenvalue weighted by Crippen LogP contribution is -2.04. The van der Waals surface area contributed by atoms with E-state index in [1.54, 1.807) is 18.2 Å². The normalized spacial score (nSPS) is 12.1. The van der Waals surface area contributed by atoms with Gasteiger partial charge in [-0.05, 0) is 29.8 Å². The van der Waals surface area contributed by atoms with Crippen LogP contribution in [0.25, 0.3) is 0 Å². The molecule has 2 rings (SSSR count). The number of hydrogen-bond donors (Lipinski definition) is 1. The monoisotopic (exact) mass is 346 g/mol. The minimum Gasteiger partial charge on any atom is -0.478 e. The SMILES string of the molecule is O=C(O)c1cc(S(=O)Cc2cccc(Cl)c2Cl)ccc1F. The molecule has 2 aromatic carbocycles. The first-order chi connectivity index (χ1) is 9.90. The summed E-state index contributed by atoms with van der Waals surface area (Å²) in [6, 6.07) is 8.29. The second-order valence-electron chi connectivity index (χ2n) is 4.15. The van der Waals surface area contributed by atoms with Gasteiger partial charge in [0, 0.05) is 4.90 Å². The van der Waals surface area contributed by atoms with Gasteiger partial charge in [-0.25, -0.2) is 9.18 Å². The molecule has 7 heteroatoms. The molecule has 3 nitrogen and oxygen atoms in total. The van der Waals surface area contributed by atoms with Gasteiger partial charge in [0.1, 0.15) is 5.82 Å². The van der Waals surface area contributed by atoms with Gasteiger partial charge < -0.3 is 5.11 Å². The summed E-state index contributed by atoms with van der Waals surface area (Å²) in [6.45, 7) is 0. The molecule has 0 bridgehead atoms. The summed E-state index contributed by atoms with van der Waals surface area (Å²) in [4.78, 5) is 11.1. The number of carboxylic acids is 1. The van der Waals surface area contributed by atoms with Crippen LogP contribution in [0.2, 0.25) is 10.0 Å². The van der Waals surface area contributed by atoms with Crippen molar-refractivity contribution >= 4 is 40.0 Å². The fourth-order valence-electron chi connectivity index (χ4n) is 1.69. The molecule has 2 aromatic rings. The third kappa shape index (κ3) is 3.61. The molecule has 1 unspecified atom stereocenters. The zero-order valence-corrected chi connectivity index (χ0v) is 12.8. The Morgan fingerprint density at radius 3 is 2.62 bits per heavy atom. The molecule has 0 fully saturated rings. The number of hydrogen-bond acceptors (Lipinski definition) is 2. The summed E-state index contributed by atoms with van der Waals surface area (Å²) in [7, 11) is -1.56. The highest BCUT2D eigenvalue weighted by molar-refractivity contribution is 7.84.